The van der Waals surface area contributed by atoms with Crippen LogP contribution >= 0.6 is 11.3 Å². The van der Waals surface area contributed by atoms with Gasteiger partial charge in [-0.25, -0.2) is 4.98 Å². The highest BCUT2D eigenvalue weighted by Crippen LogP contribution is 2.20. The summed E-state index contributed by atoms with van der Waals surface area (Å²) in [5.74, 6) is -0.423. The van der Waals surface area contributed by atoms with Crippen LogP contribution in [0.4, 0.5) is 0 Å². The molecule has 0 unspecified atom stereocenters. The van der Waals surface area contributed by atoms with Crippen molar-refractivity contribution < 1.29 is 4.79 Å². The second kappa shape index (κ2) is 2.80. The van der Waals surface area contributed by atoms with Crippen molar-refractivity contribution in [1.82, 2.24) is 9.38 Å². The SMILES string of the molecule is NC(=O)c1ccc2c(c1)nc1sccn12. The van der Waals surface area contributed by atoms with E-state index in [0.29, 0.717) is 5.56 Å². The lowest BCUT2D eigenvalue weighted by Gasteiger charge is -1.94. The van der Waals surface area contributed by atoms with Gasteiger partial charge >= 0.3 is 0 Å². The van der Waals surface area contributed by atoms with Crippen LogP contribution in [-0.4, -0.2) is 15.3 Å². The zero-order valence-corrected chi connectivity index (χ0v) is 8.49. The Morgan fingerprint density at radius 3 is 3.13 bits per heavy atom. The second-order valence-electron chi connectivity index (χ2n) is 3.24. The Hall–Kier alpha value is -1.88. The summed E-state index contributed by atoms with van der Waals surface area (Å²) in [6, 6.07) is 5.30. The summed E-state index contributed by atoms with van der Waals surface area (Å²) in [4.78, 5) is 16.3. The van der Waals surface area contributed by atoms with Gasteiger partial charge in [0.15, 0.2) is 4.96 Å². The van der Waals surface area contributed by atoms with E-state index in [-0.39, 0.29) is 0 Å². The Labute approximate surface area is 89.0 Å². The summed E-state index contributed by atoms with van der Waals surface area (Å²) in [6.45, 7) is 0. The molecule has 0 spiro atoms. The zero-order chi connectivity index (χ0) is 10.4. The fraction of sp³-hybridized carbons (Fsp3) is 0. The van der Waals surface area contributed by atoms with Gasteiger partial charge in [0.2, 0.25) is 5.91 Å². The first-order chi connectivity index (χ1) is 7.25. The van der Waals surface area contributed by atoms with Gasteiger partial charge in [-0.2, -0.15) is 0 Å². The predicted molar refractivity (Wildman–Crippen MR) is 59.1 cm³/mol. The Morgan fingerprint density at radius 2 is 2.33 bits per heavy atom. The summed E-state index contributed by atoms with van der Waals surface area (Å²) >= 11 is 1.56. The van der Waals surface area contributed by atoms with Crippen LogP contribution in [-0.2, 0) is 0 Å². The number of aromatic nitrogens is 2. The van der Waals surface area contributed by atoms with Crippen LogP contribution in [0.3, 0.4) is 0 Å². The van der Waals surface area contributed by atoms with Crippen LogP contribution < -0.4 is 5.73 Å². The summed E-state index contributed by atoms with van der Waals surface area (Å²) in [5.41, 5.74) is 7.50. The van der Waals surface area contributed by atoms with Crippen molar-refractivity contribution in [1.29, 1.82) is 0 Å². The molecule has 0 saturated heterocycles. The number of carbonyl (C=O) groups excluding carboxylic acids is 1. The molecule has 5 heteroatoms. The van der Waals surface area contributed by atoms with Crippen molar-refractivity contribution in [3.63, 3.8) is 0 Å². The molecule has 3 aromatic rings. The van der Waals surface area contributed by atoms with E-state index in [1.165, 1.54) is 0 Å². The maximum atomic E-state index is 11.0. The van der Waals surface area contributed by atoms with E-state index in [2.05, 4.69) is 4.98 Å². The van der Waals surface area contributed by atoms with Crippen molar-refractivity contribution in [3.05, 3.63) is 35.3 Å². The third-order valence-corrected chi connectivity index (χ3v) is 3.08. The predicted octanol–water partition coefficient (Wildman–Crippen LogP) is 1.65. The number of benzene rings is 1. The molecule has 1 amide bonds. The van der Waals surface area contributed by atoms with Crippen molar-refractivity contribution >= 4 is 33.2 Å². The van der Waals surface area contributed by atoms with Gasteiger partial charge in [0.05, 0.1) is 11.0 Å². The fourth-order valence-electron chi connectivity index (χ4n) is 1.61. The quantitative estimate of drug-likeness (QED) is 0.673. The Bertz CT molecular complexity index is 667. The number of imidazole rings is 1. The number of nitrogens with zero attached hydrogens (tertiary/aromatic N) is 2. The average Bonchev–Trinajstić information content (AvgIpc) is 2.75. The van der Waals surface area contributed by atoms with E-state index in [9.17, 15) is 4.79 Å². The minimum Gasteiger partial charge on any atom is -0.366 e. The highest BCUT2D eigenvalue weighted by molar-refractivity contribution is 7.15. The van der Waals surface area contributed by atoms with Gasteiger partial charge in [0.25, 0.3) is 0 Å². The molecule has 0 bridgehead atoms. The molecule has 74 valence electrons. The van der Waals surface area contributed by atoms with Crippen LogP contribution in [0.1, 0.15) is 10.4 Å². The Balaban J connectivity index is 2.40. The molecule has 0 aliphatic heterocycles. The highest BCUT2D eigenvalue weighted by atomic mass is 32.1. The molecule has 3 rings (SSSR count). The summed E-state index contributed by atoms with van der Waals surface area (Å²) in [6.07, 6.45) is 1.96. The smallest absolute Gasteiger partial charge is 0.248 e. The van der Waals surface area contributed by atoms with E-state index >= 15 is 0 Å². The second-order valence-corrected chi connectivity index (χ2v) is 4.11. The van der Waals surface area contributed by atoms with Crippen LogP contribution in [0.25, 0.3) is 16.0 Å². The molecular formula is C10H7N3OS. The van der Waals surface area contributed by atoms with Crippen LogP contribution in [0, 0.1) is 0 Å². The van der Waals surface area contributed by atoms with Gasteiger partial charge in [-0.05, 0) is 18.2 Å². The van der Waals surface area contributed by atoms with E-state index < -0.39 is 5.91 Å². The first kappa shape index (κ1) is 8.43. The molecule has 0 aliphatic rings. The van der Waals surface area contributed by atoms with E-state index in [0.717, 1.165) is 16.0 Å². The monoisotopic (exact) mass is 217 g/mol. The molecular weight excluding hydrogens is 210 g/mol. The molecule has 4 nitrogen and oxygen atoms in total. The van der Waals surface area contributed by atoms with Crippen molar-refractivity contribution in [2.45, 2.75) is 0 Å². The third kappa shape index (κ3) is 1.13. The first-order valence-electron chi connectivity index (χ1n) is 4.41. The number of carbonyl (C=O) groups is 1. The lowest BCUT2D eigenvalue weighted by molar-refractivity contribution is 0.100. The number of hydrogen-bond donors (Lipinski definition) is 1. The summed E-state index contributed by atoms with van der Waals surface area (Å²) in [7, 11) is 0. The molecule has 1 aromatic carbocycles. The standard InChI is InChI=1S/C10H7N3OS/c11-9(14)6-1-2-8-7(5-6)12-10-13(8)3-4-15-10/h1-5H,(H2,11,14). The van der Waals surface area contributed by atoms with E-state index in [1.54, 1.807) is 23.5 Å². The van der Waals surface area contributed by atoms with Crippen LogP contribution in [0.5, 0.6) is 0 Å². The Morgan fingerprint density at radius 1 is 1.47 bits per heavy atom. The maximum absolute atomic E-state index is 11.0. The topological polar surface area (TPSA) is 60.4 Å². The molecule has 0 atom stereocenters. The molecule has 2 heterocycles. The van der Waals surface area contributed by atoms with Gasteiger partial charge in [0, 0.05) is 17.1 Å². The molecule has 15 heavy (non-hydrogen) atoms. The lowest BCUT2D eigenvalue weighted by Crippen LogP contribution is -2.10. The molecule has 0 fully saturated rings. The third-order valence-electron chi connectivity index (χ3n) is 2.33. The number of amides is 1. The maximum Gasteiger partial charge on any atom is 0.248 e. The van der Waals surface area contributed by atoms with Crippen molar-refractivity contribution in [2.24, 2.45) is 5.73 Å². The van der Waals surface area contributed by atoms with Gasteiger partial charge in [-0.15, -0.1) is 11.3 Å². The number of fused-ring (bicyclic) bond motifs is 3. The zero-order valence-electron chi connectivity index (χ0n) is 7.68. The van der Waals surface area contributed by atoms with Gasteiger partial charge in [0.1, 0.15) is 0 Å². The number of primary amides is 1. The van der Waals surface area contributed by atoms with Crippen molar-refractivity contribution in [3.8, 4) is 0 Å². The van der Waals surface area contributed by atoms with E-state index in [1.807, 2.05) is 22.0 Å². The highest BCUT2D eigenvalue weighted by Gasteiger charge is 2.07. The van der Waals surface area contributed by atoms with Gasteiger partial charge in [-0.1, -0.05) is 0 Å². The van der Waals surface area contributed by atoms with Gasteiger partial charge in [-0.3, -0.25) is 9.20 Å². The van der Waals surface area contributed by atoms with Crippen molar-refractivity contribution in [2.75, 3.05) is 0 Å². The number of nitrogens with two attached hydrogens (primary N) is 1. The fourth-order valence-corrected chi connectivity index (χ4v) is 2.34. The van der Waals surface area contributed by atoms with Crippen LogP contribution in [0.15, 0.2) is 29.8 Å². The normalized spacial score (nSPS) is 11.2. The van der Waals surface area contributed by atoms with E-state index in [4.69, 9.17) is 5.73 Å². The molecule has 0 saturated carbocycles. The summed E-state index contributed by atoms with van der Waals surface area (Å²) in [5, 5.41) is 1.98. The Kier molecular flexibility index (Phi) is 1.58. The first-order valence-corrected chi connectivity index (χ1v) is 5.29. The molecule has 0 radical (unpaired) electrons. The lowest BCUT2D eigenvalue weighted by atomic mass is 10.2. The largest absolute Gasteiger partial charge is 0.366 e. The number of thiazole rings is 1. The molecule has 2 N–H and O–H groups in total. The minimum absolute atomic E-state index is 0.423. The number of rotatable bonds is 1. The molecule has 0 aliphatic carbocycles. The minimum atomic E-state index is -0.423. The summed E-state index contributed by atoms with van der Waals surface area (Å²) < 4.78 is 1.99. The van der Waals surface area contributed by atoms with Gasteiger partial charge < -0.3 is 5.73 Å². The number of hydrogen-bond acceptors (Lipinski definition) is 3. The average molecular weight is 217 g/mol. The van der Waals surface area contributed by atoms with Crippen LogP contribution in [0.2, 0.25) is 0 Å². The molecule has 2 aromatic heterocycles.